The van der Waals surface area contributed by atoms with Gasteiger partial charge in [-0.15, -0.1) is 0 Å². The van der Waals surface area contributed by atoms with Crippen LogP contribution in [-0.2, 0) is 9.59 Å². The molecule has 32 heavy (non-hydrogen) atoms. The molecule has 2 aliphatic heterocycles. The second kappa shape index (κ2) is 8.94. The molecule has 0 saturated heterocycles. The van der Waals surface area contributed by atoms with E-state index in [0.717, 1.165) is 45.8 Å². The van der Waals surface area contributed by atoms with E-state index in [1.54, 1.807) is 12.2 Å². The van der Waals surface area contributed by atoms with Gasteiger partial charge in [0.1, 0.15) is 21.5 Å². The standard InChI is InChI=1S/C26H16N2O2S2/c29-25-21(27-23(31-25)19-7-3-1-4-8-19)15-17-11-13-18(14-12-17)16-22-26(30)32-24(28-22)20-9-5-2-6-10-20/h1-16H/b21-15+,22-16+. The summed E-state index contributed by atoms with van der Waals surface area (Å²) in [6.07, 6.45) is 3.56. The molecule has 0 N–H and O–H groups in total. The minimum absolute atomic E-state index is 0.0635. The normalized spacial score (nSPS) is 18.4. The molecule has 0 fully saturated rings. The van der Waals surface area contributed by atoms with E-state index in [9.17, 15) is 9.59 Å². The molecular weight excluding hydrogens is 436 g/mol. The van der Waals surface area contributed by atoms with Gasteiger partial charge >= 0.3 is 0 Å². The Morgan fingerprint density at radius 1 is 0.531 bits per heavy atom. The summed E-state index contributed by atoms with van der Waals surface area (Å²) >= 11 is 2.30. The molecule has 154 valence electrons. The average Bonchev–Trinajstić information content (AvgIpc) is 3.38. The molecule has 0 amide bonds. The molecule has 3 aromatic rings. The van der Waals surface area contributed by atoms with Crippen molar-refractivity contribution in [3.63, 3.8) is 0 Å². The van der Waals surface area contributed by atoms with Gasteiger partial charge in [-0.25, -0.2) is 9.98 Å². The fourth-order valence-corrected chi connectivity index (χ4v) is 4.80. The third-order valence-electron chi connectivity index (χ3n) is 4.83. The number of hydrogen-bond acceptors (Lipinski definition) is 6. The van der Waals surface area contributed by atoms with Gasteiger partial charge in [0.25, 0.3) is 0 Å². The van der Waals surface area contributed by atoms with Crippen LogP contribution in [0.4, 0.5) is 0 Å². The van der Waals surface area contributed by atoms with Crippen LogP contribution in [0, 0.1) is 0 Å². The van der Waals surface area contributed by atoms with Crippen molar-refractivity contribution in [1.29, 1.82) is 0 Å². The lowest BCUT2D eigenvalue weighted by Crippen LogP contribution is -1.92. The molecule has 0 bridgehead atoms. The number of aliphatic imine (C=N–C) groups is 2. The fraction of sp³-hybridized carbons (Fsp3) is 0. The lowest BCUT2D eigenvalue weighted by atomic mass is 10.1. The first-order valence-corrected chi connectivity index (χ1v) is 11.5. The first-order valence-electron chi connectivity index (χ1n) is 9.92. The van der Waals surface area contributed by atoms with Crippen LogP contribution in [-0.4, -0.2) is 20.3 Å². The Hall–Kier alpha value is -3.48. The molecule has 0 unspecified atom stereocenters. The summed E-state index contributed by atoms with van der Waals surface area (Å²) in [4.78, 5) is 33.7. The van der Waals surface area contributed by atoms with E-state index >= 15 is 0 Å². The highest BCUT2D eigenvalue weighted by Crippen LogP contribution is 2.30. The number of hydrogen-bond donors (Lipinski definition) is 0. The van der Waals surface area contributed by atoms with Crippen LogP contribution < -0.4 is 0 Å². The Morgan fingerprint density at radius 3 is 1.28 bits per heavy atom. The maximum atomic E-state index is 12.4. The number of carbonyl (C=O) groups excluding carboxylic acids is 2. The Morgan fingerprint density at radius 2 is 0.906 bits per heavy atom. The predicted molar refractivity (Wildman–Crippen MR) is 134 cm³/mol. The van der Waals surface area contributed by atoms with Crippen molar-refractivity contribution in [3.8, 4) is 0 Å². The van der Waals surface area contributed by atoms with Crippen LogP contribution in [0.1, 0.15) is 22.3 Å². The van der Waals surface area contributed by atoms with Gasteiger partial charge < -0.3 is 0 Å². The third-order valence-corrected chi connectivity index (χ3v) is 6.66. The van der Waals surface area contributed by atoms with Crippen molar-refractivity contribution >= 4 is 56.0 Å². The van der Waals surface area contributed by atoms with Crippen LogP contribution in [0.15, 0.2) is 106 Å². The van der Waals surface area contributed by atoms with Gasteiger partial charge in [-0.3, -0.25) is 9.59 Å². The summed E-state index contributed by atoms with van der Waals surface area (Å²) in [5.41, 5.74) is 4.47. The van der Waals surface area contributed by atoms with Crippen molar-refractivity contribution in [2.45, 2.75) is 0 Å². The monoisotopic (exact) mass is 452 g/mol. The number of benzene rings is 3. The van der Waals surface area contributed by atoms with E-state index in [4.69, 9.17) is 0 Å². The Kier molecular flexibility index (Phi) is 5.71. The van der Waals surface area contributed by atoms with Crippen molar-refractivity contribution in [3.05, 3.63) is 119 Å². The van der Waals surface area contributed by atoms with Gasteiger partial charge in [0.2, 0.25) is 10.2 Å². The Bertz CT molecular complexity index is 1220. The van der Waals surface area contributed by atoms with Gasteiger partial charge in [0.05, 0.1) is 0 Å². The number of thioether (sulfide) groups is 2. The Labute approximate surface area is 193 Å². The summed E-state index contributed by atoms with van der Waals surface area (Å²) in [5.74, 6) is 0. The largest absolute Gasteiger partial charge is 0.279 e. The molecule has 0 aliphatic carbocycles. The molecule has 2 aliphatic rings. The smallest absolute Gasteiger partial charge is 0.244 e. The zero-order valence-corrected chi connectivity index (χ0v) is 18.4. The molecule has 0 saturated carbocycles. The summed E-state index contributed by atoms with van der Waals surface area (Å²) in [6, 6.07) is 27.0. The van der Waals surface area contributed by atoms with Crippen molar-refractivity contribution in [2.75, 3.05) is 0 Å². The zero-order valence-electron chi connectivity index (χ0n) is 16.8. The highest BCUT2D eigenvalue weighted by molar-refractivity contribution is 8.28. The molecule has 3 aromatic carbocycles. The fourth-order valence-electron chi connectivity index (χ4n) is 3.23. The van der Waals surface area contributed by atoms with Gasteiger partial charge in [-0.1, -0.05) is 84.9 Å². The van der Waals surface area contributed by atoms with Crippen LogP contribution in [0.25, 0.3) is 12.2 Å². The molecule has 0 aromatic heterocycles. The van der Waals surface area contributed by atoms with E-state index in [1.807, 2.05) is 84.9 Å². The van der Waals surface area contributed by atoms with Crippen molar-refractivity contribution in [2.24, 2.45) is 9.98 Å². The molecular formula is C26H16N2O2S2. The van der Waals surface area contributed by atoms with Gasteiger partial charge in [0.15, 0.2) is 0 Å². The Balaban J connectivity index is 1.36. The van der Waals surface area contributed by atoms with Crippen molar-refractivity contribution < 1.29 is 9.59 Å². The van der Waals surface area contributed by atoms with Crippen LogP contribution >= 0.6 is 23.5 Å². The van der Waals surface area contributed by atoms with E-state index < -0.39 is 0 Å². The molecule has 6 heteroatoms. The lowest BCUT2D eigenvalue weighted by Gasteiger charge is -1.98. The third kappa shape index (κ3) is 4.42. The van der Waals surface area contributed by atoms with E-state index in [-0.39, 0.29) is 10.2 Å². The lowest BCUT2D eigenvalue weighted by molar-refractivity contribution is -0.108. The minimum atomic E-state index is -0.0635. The van der Waals surface area contributed by atoms with Crippen LogP contribution in [0.3, 0.4) is 0 Å². The zero-order chi connectivity index (χ0) is 21.9. The topological polar surface area (TPSA) is 58.9 Å². The van der Waals surface area contributed by atoms with E-state index in [1.165, 1.54) is 0 Å². The molecule has 0 atom stereocenters. The highest BCUT2D eigenvalue weighted by Gasteiger charge is 2.24. The minimum Gasteiger partial charge on any atom is -0.279 e. The maximum absolute atomic E-state index is 12.4. The molecule has 2 heterocycles. The summed E-state index contributed by atoms with van der Waals surface area (Å²) in [5, 5.41) is 1.30. The van der Waals surface area contributed by atoms with Gasteiger partial charge in [-0.05, 0) is 46.8 Å². The SMILES string of the molecule is O=C1SC(c2ccccc2)=N/C1=C/c1ccc(/C=C2/N=C(c3ccccc3)SC2=O)cc1. The van der Waals surface area contributed by atoms with Crippen LogP contribution in [0.5, 0.6) is 0 Å². The quantitative estimate of drug-likeness (QED) is 0.469. The highest BCUT2D eigenvalue weighted by atomic mass is 32.2. The summed E-state index contributed by atoms with van der Waals surface area (Å²) in [7, 11) is 0. The number of carbonyl (C=O) groups is 2. The van der Waals surface area contributed by atoms with Gasteiger partial charge in [0, 0.05) is 11.1 Å². The molecule has 0 radical (unpaired) electrons. The summed E-state index contributed by atoms with van der Waals surface area (Å²) < 4.78 is 0. The second-order valence-electron chi connectivity index (χ2n) is 7.07. The average molecular weight is 453 g/mol. The summed E-state index contributed by atoms with van der Waals surface area (Å²) in [6.45, 7) is 0. The number of rotatable bonds is 4. The number of nitrogens with zero attached hydrogens (tertiary/aromatic N) is 2. The molecule has 4 nitrogen and oxygen atoms in total. The first-order chi connectivity index (χ1) is 15.7. The predicted octanol–water partition coefficient (Wildman–Crippen LogP) is 5.81. The van der Waals surface area contributed by atoms with Gasteiger partial charge in [-0.2, -0.15) is 0 Å². The molecule has 0 spiro atoms. The maximum Gasteiger partial charge on any atom is 0.244 e. The van der Waals surface area contributed by atoms with E-state index in [0.29, 0.717) is 21.5 Å². The molecule has 5 rings (SSSR count). The second-order valence-corrected chi connectivity index (χ2v) is 8.99. The van der Waals surface area contributed by atoms with E-state index in [2.05, 4.69) is 9.98 Å². The first kappa shape index (κ1) is 20.4. The van der Waals surface area contributed by atoms with Crippen molar-refractivity contribution in [1.82, 2.24) is 0 Å². The van der Waals surface area contributed by atoms with Crippen LogP contribution in [0.2, 0.25) is 0 Å².